The maximum atomic E-state index is 13.6. The fourth-order valence-corrected chi connectivity index (χ4v) is 2.36. The second kappa shape index (κ2) is 4.85. The van der Waals surface area contributed by atoms with E-state index in [9.17, 15) is 8.78 Å². The molecule has 0 unspecified atom stereocenters. The SMILES string of the molecule is CN(c1nc(N)c(F)cc1F)C1CCCCC1. The molecule has 1 aromatic rings. The zero-order valence-electron chi connectivity index (χ0n) is 9.92. The van der Waals surface area contributed by atoms with Crippen molar-refractivity contribution in [2.45, 2.75) is 38.1 Å². The number of rotatable bonds is 2. The minimum absolute atomic E-state index is 0.149. The molecule has 94 valence electrons. The Morgan fingerprint density at radius 3 is 2.53 bits per heavy atom. The van der Waals surface area contributed by atoms with E-state index in [1.165, 1.54) is 6.42 Å². The molecule has 1 aromatic heterocycles. The average Bonchev–Trinajstić information content (AvgIpc) is 2.34. The molecule has 0 saturated heterocycles. The Labute approximate surface area is 99.6 Å². The molecule has 1 aliphatic carbocycles. The average molecular weight is 241 g/mol. The number of halogens is 2. The van der Waals surface area contributed by atoms with Crippen molar-refractivity contribution in [1.82, 2.24) is 4.98 Å². The lowest BCUT2D eigenvalue weighted by atomic mass is 9.94. The highest BCUT2D eigenvalue weighted by Crippen LogP contribution is 2.27. The van der Waals surface area contributed by atoms with Crippen molar-refractivity contribution in [3.8, 4) is 0 Å². The molecule has 1 saturated carbocycles. The molecular formula is C12H17F2N3. The third kappa shape index (κ3) is 2.48. The first-order valence-corrected chi connectivity index (χ1v) is 5.94. The molecule has 3 nitrogen and oxygen atoms in total. The van der Waals surface area contributed by atoms with E-state index in [2.05, 4.69) is 4.98 Å². The molecule has 1 aliphatic rings. The van der Waals surface area contributed by atoms with Crippen LogP contribution in [0.3, 0.4) is 0 Å². The van der Waals surface area contributed by atoms with Gasteiger partial charge in [-0.2, -0.15) is 0 Å². The summed E-state index contributed by atoms with van der Waals surface area (Å²) in [6, 6.07) is 1.08. The second-order valence-corrected chi connectivity index (χ2v) is 4.56. The maximum Gasteiger partial charge on any atom is 0.168 e. The molecule has 0 bridgehead atoms. The number of nitrogen functional groups attached to an aromatic ring is 1. The Morgan fingerprint density at radius 2 is 1.88 bits per heavy atom. The minimum Gasteiger partial charge on any atom is -0.381 e. The summed E-state index contributed by atoms with van der Waals surface area (Å²) < 4.78 is 26.7. The van der Waals surface area contributed by atoms with Crippen molar-refractivity contribution in [2.24, 2.45) is 0 Å². The summed E-state index contributed by atoms with van der Waals surface area (Å²) >= 11 is 0. The van der Waals surface area contributed by atoms with E-state index in [1.807, 2.05) is 0 Å². The Kier molecular flexibility index (Phi) is 3.45. The fraction of sp³-hybridized carbons (Fsp3) is 0.583. The molecule has 2 N–H and O–H groups in total. The molecule has 17 heavy (non-hydrogen) atoms. The van der Waals surface area contributed by atoms with Crippen molar-refractivity contribution in [2.75, 3.05) is 17.7 Å². The van der Waals surface area contributed by atoms with Crippen molar-refractivity contribution < 1.29 is 8.78 Å². The van der Waals surface area contributed by atoms with Gasteiger partial charge >= 0.3 is 0 Å². The summed E-state index contributed by atoms with van der Waals surface area (Å²) in [6.45, 7) is 0. The van der Waals surface area contributed by atoms with Gasteiger partial charge in [0.1, 0.15) is 0 Å². The van der Waals surface area contributed by atoms with Crippen LogP contribution in [0.5, 0.6) is 0 Å². The van der Waals surface area contributed by atoms with E-state index in [-0.39, 0.29) is 17.7 Å². The molecule has 0 atom stereocenters. The molecule has 0 amide bonds. The number of anilines is 2. The van der Waals surface area contributed by atoms with Crippen LogP contribution in [0.4, 0.5) is 20.4 Å². The molecule has 0 spiro atoms. The number of nitrogens with zero attached hydrogens (tertiary/aromatic N) is 2. The molecule has 0 aromatic carbocycles. The lowest BCUT2D eigenvalue weighted by molar-refractivity contribution is 0.421. The van der Waals surface area contributed by atoms with Crippen LogP contribution in [-0.4, -0.2) is 18.1 Å². The highest BCUT2D eigenvalue weighted by Gasteiger charge is 2.22. The molecule has 1 heterocycles. The van der Waals surface area contributed by atoms with Gasteiger partial charge in [0.05, 0.1) is 0 Å². The molecule has 0 aliphatic heterocycles. The van der Waals surface area contributed by atoms with E-state index in [1.54, 1.807) is 11.9 Å². The van der Waals surface area contributed by atoms with Gasteiger partial charge in [0.25, 0.3) is 0 Å². The van der Waals surface area contributed by atoms with Crippen molar-refractivity contribution in [1.29, 1.82) is 0 Å². The first-order chi connectivity index (χ1) is 8.09. The van der Waals surface area contributed by atoms with Gasteiger partial charge in [0.15, 0.2) is 23.3 Å². The monoisotopic (exact) mass is 241 g/mol. The van der Waals surface area contributed by atoms with Gasteiger partial charge in [-0.25, -0.2) is 13.8 Å². The van der Waals surface area contributed by atoms with Gasteiger partial charge < -0.3 is 10.6 Å². The summed E-state index contributed by atoms with van der Waals surface area (Å²) in [5.41, 5.74) is 5.38. The first kappa shape index (κ1) is 12.1. The minimum atomic E-state index is -0.803. The van der Waals surface area contributed by atoms with Crippen LogP contribution in [0.2, 0.25) is 0 Å². The Morgan fingerprint density at radius 1 is 1.24 bits per heavy atom. The van der Waals surface area contributed by atoms with E-state index in [4.69, 9.17) is 5.73 Å². The van der Waals surface area contributed by atoms with Crippen LogP contribution in [0, 0.1) is 11.6 Å². The molecule has 0 radical (unpaired) electrons. The zero-order valence-corrected chi connectivity index (χ0v) is 9.92. The molecule has 1 fully saturated rings. The first-order valence-electron chi connectivity index (χ1n) is 5.94. The normalized spacial score (nSPS) is 17.1. The Balaban J connectivity index is 2.23. The van der Waals surface area contributed by atoms with Crippen LogP contribution >= 0.6 is 0 Å². The lowest BCUT2D eigenvalue weighted by Gasteiger charge is -2.32. The zero-order chi connectivity index (χ0) is 12.4. The van der Waals surface area contributed by atoms with Crippen LogP contribution in [0.25, 0.3) is 0 Å². The highest BCUT2D eigenvalue weighted by molar-refractivity contribution is 5.47. The number of aromatic nitrogens is 1. The smallest absolute Gasteiger partial charge is 0.168 e. The van der Waals surface area contributed by atoms with Gasteiger partial charge in [-0.1, -0.05) is 19.3 Å². The predicted molar refractivity (Wildman–Crippen MR) is 63.8 cm³/mol. The summed E-state index contributed by atoms with van der Waals surface area (Å²) in [7, 11) is 1.79. The number of hydrogen-bond acceptors (Lipinski definition) is 3. The number of hydrogen-bond donors (Lipinski definition) is 1. The Hall–Kier alpha value is -1.39. The van der Waals surface area contributed by atoms with Crippen molar-refractivity contribution in [3.63, 3.8) is 0 Å². The largest absolute Gasteiger partial charge is 0.381 e. The van der Waals surface area contributed by atoms with Gasteiger partial charge in [-0.3, -0.25) is 0 Å². The number of nitrogens with two attached hydrogens (primary N) is 1. The third-order valence-corrected chi connectivity index (χ3v) is 3.39. The molecule has 2 rings (SSSR count). The summed E-state index contributed by atoms with van der Waals surface area (Å²) in [4.78, 5) is 5.58. The lowest BCUT2D eigenvalue weighted by Crippen LogP contribution is -2.34. The van der Waals surface area contributed by atoms with E-state index in [0.29, 0.717) is 0 Å². The maximum absolute atomic E-state index is 13.6. The van der Waals surface area contributed by atoms with E-state index in [0.717, 1.165) is 31.7 Å². The topological polar surface area (TPSA) is 42.2 Å². The van der Waals surface area contributed by atoms with Gasteiger partial charge in [-0.15, -0.1) is 0 Å². The van der Waals surface area contributed by atoms with Crippen molar-refractivity contribution in [3.05, 3.63) is 17.7 Å². The standard InChI is InChI=1S/C12H17F2N3/c1-17(8-5-3-2-4-6-8)12-10(14)7-9(13)11(15)16-12/h7-8H,2-6H2,1H3,(H2,15,16). The molecular weight excluding hydrogens is 224 g/mol. The van der Waals surface area contributed by atoms with Crippen molar-refractivity contribution >= 4 is 11.6 Å². The van der Waals surface area contributed by atoms with Gasteiger partial charge in [0, 0.05) is 19.2 Å². The van der Waals surface area contributed by atoms with Crippen LogP contribution in [0.1, 0.15) is 32.1 Å². The van der Waals surface area contributed by atoms with Gasteiger partial charge in [-0.05, 0) is 12.8 Å². The summed E-state index contributed by atoms with van der Waals surface area (Å²) in [5.74, 6) is -1.55. The molecule has 5 heteroatoms. The predicted octanol–water partition coefficient (Wildman–Crippen LogP) is 2.71. The fourth-order valence-electron chi connectivity index (χ4n) is 2.36. The number of pyridine rings is 1. The quantitative estimate of drug-likeness (QED) is 0.865. The second-order valence-electron chi connectivity index (χ2n) is 4.56. The van der Waals surface area contributed by atoms with E-state index < -0.39 is 11.6 Å². The Bertz CT molecular complexity index is 403. The summed E-state index contributed by atoms with van der Waals surface area (Å²) in [6.07, 6.45) is 5.57. The summed E-state index contributed by atoms with van der Waals surface area (Å²) in [5, 5.41) is 0. The third-order valence-electron chi connectivity index (χ3n) is 3.39. The van der Waals surface area contributed by atoms with Gasteiger partial charge in [0.2, 0.25) is 0 Å². The van der Waals surface area contributed by atoms with Crippen LogP contribution in [-0.2, 0) is 0 Å². The van der Waals surface area contributed by atoms with E-state index >= 15 is 0 Å². The van der Waals surface area contributed by atoms with Crippen LogP contribution in [0.15, 0.2) is 6.07 Å². The van der Waals surface area contributed by atoms with Crippen LogP contribution < -0.4 is 10.6 Å². The highest BCUT2D eigenvalue weighted by atomic mass is 19.1.